The molecule has 0 aliphatic rings. The SMILES string of the molecule is C=CCC.CC.CC.O=Cc1ccc(Br)cc1. The molecular formula is C15H25BrO. The molecule has 17 heavy (non-hydrogen) atoms. The van der Waals surface area contributed by atoms with E-state index in [1.165, 1.54) is 0 Å². The second kappa shape index (κ2) is 20.5. The summed E-state index contributed by atoms with van der Waals surface area (Å²) in [6.07, 6.45) is 3.78. The van der Waals surface area contributed by atoms with Gasteiger partial charge in [-0.3, -0.25) is 4.79 Å². The number of benzene rings is 1. The van der Waals surface area contributed by atoms with Crippen LogP contribution in [0.3, 0.4) is 0 Å². The lowest BCUT2D eigenvalue weighted by Gasteiger charge is -1.87. The molecule has 1 aromatic carbocycles. The smallest absolute Gasteiger partial charge is 0.150 e. The van der Waals surface area contributed by atoms with Crippen LogP contribution in [0.15, 0.2) is 41.4 Å². The molecule has 0 atom stereocenters. The first-order valence-corrected chi connectivity index (χ1v) is 6.85. The van der Waals surface area contributed by atoms with Crippen molar-refractivity contribution in [1.82, 2.24) is 0 Å². The number of halogens is 1. The minimum atomic E-state index is 0.707. The van der Waals surface area contributed by atoms with Gasteiger partial charge in [-0.2, -0.15) is 0 Å². The second-order valence-corrected chi connectivity index (χ2v) is 3.28. The summed E-state index contributed by atoms with van der Waals surface area (Å²) in [4.78, 5) is 10.1. The van der Waals surface area contributed by atoms with Gasteiger partial charge in [0.05, 0.1) is 0 Å². The Labute approximate surface area is 115 Å². The van der Waals surface area contributed by atoms with Gasteiger partial charge in [0.1, 0.15) is 6.29 Å². The van der Waals surface area contributed by atoms with Crippen LogP contribution in [-0.4, -0.2) is 6.29 Å². The van der Waals surface area contributed by atoms with E-state index in [0.717, 1.165) is 17.2 Å². The normalized spacial score (nSPS) is 6.94. The predicted molar refractivity (Wildman–Crippen MR) is 82.7 cm³/mol. The highest BCUT2D eigenvalue weighted by atomic mass is 79.9. The molecule has 0 aliphatic heterocycles. The lowest BCUT2D eigenvalue weighted by atomic mass is 10.2. The largest absolute Gasteiger partial charge is 0.298 e. The van der Waals surface area contributed by atoms with Gasteiger partial charge in [0, 0.05) is 10.0 Å². The molecule has 0 N–H and O–H groups in total. The summed E-state index contributed by atoms with van der Waals surface area (Å²) in [6.45, 7) is 13.5. The maximum Gasteiger partial charge on any atom is 0.150 e. The number of hydrogen-bond acceptors (Lipinski definition) is 1. The van der Waals surface area contributed by atoms with Crippen molar-refractivity contribution in [2.75, 3.05) is 0 Å². The zero-order chi connectivity index (χ0) is 14.1. The molecule has 0 aliphatic carbocycles. The Morgan fingerprint density at radius 3 is 1.71 bits per heavy atom. The topological polar surface area (TPSA) is 17.1 Å². The van der Waals surface area contributed by atoms with Crippen LogP contribution in [0.4, 0.5) is 0 Å². The quantitative estimate of drug-likeness (QED) is 0.491. The molecule has 1 rings (SSSR count). The Balaban J connectivity index is -0.000000208. The first kappa shape index (κ1) is 21.4. The molecule has 0 bridgehead atoms. The van der Waals surface area contributed by atoms with E-state index >= 15 is 0 Å². The molecule has 0 radical (unpaired) electrons. The van der Waals surface area contributed by atoms with E-state index in [1.807, 2.05) is 45.9 Å². The number of aldehydes is 1. The summed E-state index contributed by atoms with van der Waals surface area (Å²) in [6, 6.07) is 7.20. The van der Waals surface area contributed by atoms with Gasteiger partial charge in [-0.15, -0.1) is 6.58 Å². The number of hydrogen-bond donors (Lipinski definition) is 0. The highest BCUT2D eigenvalue weighted by Crippen LogP contribution is 2.08. The number of carbonyl (C=O) groups is 1. The Bertz CT molecular complexity index is 252. The molecule has 0 heterocycles. The second-order valence-electron chi connectivity index (χ2n) is 2.37. The molecule has 0 aromatic heterocycles. The summed E-state index contributed by atoms with van der Waals surface area (Å²) >= 11 is 3.26. The summed E-state index contributed by atoms with van der Waals surface area (Å²) in [7, 11) is 0. The summed E-state index contributed by atoms with van der Waals surface area (Å²) < 4.78 is 0.994. The minimum Gasteiger partial charge on any atom is -0.298 e. The Morgan fingerprint density at radius 2 is 1.47 bits per heavy atom. The van der Waals surface area contributed by atoms with Crippen molar-refractivity contribution in [1.29, 1.82) is 0 Å². The van der Waals surface area contributed by atoms with Gasteiger partial charge >= 0.3 is 0 Å². The number of allylic oxidation sites excluding steroid dienone is 1. The van der Waals surface area contributed by atoms with Crippen molar-refractivity contribution in [3.8, 4) is 0 Å². The van der Waals surface area contributed by atoms with Crippen LogP contribution < -0.4 is 0 Å². The Kier molecular flexibility index (Phi) is 25.8. The highest BCUT2D eigenvalue weighted by molar-refractivity contribution is 9.10. The zero-order valence-corrected chi connectivity index (χ0v) is 13.3. The van der Waals surface area contributed by atoms with Gasteiger partial charge in [-0.05, 0) is 18.6 Å². The number of rotatable bonds is 2. The standard InChI is InChI=1S/C7H5BrO.C4H8.2C2H6/c8-7-3-1-6(5-9)2-4-7;1-3-4-2;2*1-2/h1-5H;3H,1,4H2,2H3;2*1-2H3. The molecule has 98 valence electrons. The van der Waals surface area contributed by atoms with Gasteiger partial charge in [-0.25, -0.2) is 0 Å². The van der Waals surface area contributed by atoms with E-state index < -0.39 is 0 Å². The lowest BCUT2D eigenvalue weighted by Crippen LogP contribution is -1.75. The van der Waals surface area contributed by atoms with E-state index in [-0.39, 0.29) is 0 Å². The van der Waals surface area contributed by atoms with E-state index in [4.69, 9.17) is 0 Å². The van der Waals surface area contributed by atoms with Crippen molar-refractivity contribution in [3.63, 3.8) is 0 Å². The maximum absolute atomic E-state index is 10.1. The zero-order valence-electron chi connectivity index (χ0n) is 11.7. The van der Waals surface area contributed by atoms with Crippen LogP contribution in [0.2, 0.25) is 0 Å². The summed E-state index contributed by atoms with van der Waals surface area (Å²) in [5, 5.41) is 0. The van der Waals surface area contributed by atoms with Crippen molar-refractivity contribution < 1.29 is 4.79 Å². The molecule has 1 nitrogen and oxygen atoms in total. The average Bonchev–Trinajstić information content (AvgIpc) is 2.44. The van der Waals surface area contributed by atoms with Gasteiger partial charge in [0.25, 0.3) is 0 Å². The minimum absolute atomic E-state index is 0.707. The van der Waals surface area contributed by atoms with Crippen molar-refractivity contribution >= 4 is 22.2 Å². The van der Waals surface area contributed by atoms with E-state index in [1.54, 1.807) is 12.1 Å². The van der Waals surface area contributed by atoms with E-state index in [0.29, 0.717) is 5.56 Å². The molecule has 0 fully saturated rings. The molecule has 0 amide bonds. The molecule has 0 unspecified atom stereocenters. The van der Waals surface area contributed by atoms with Crippen LogP contribution in [0.5, 0.6) is 0 Å². The summed E-state index contributed by atoms with van der Waals surface area (Å²) in [5.41, 5.74) is 0.707. The summed E-state index contributed by atoms with van der Waals surface area (Å²) in [5.74, 6) is 0. The molecule has 0 saturated heterocycles. The van der Waals surface area contributed by atoms with Crippen molar-refractivity contribution in [3.05, 3.63) is 47.0 Å². The Morgan fingerprint density at radius 1 is 1.12 bits per heavy atom. The molecule has 2 heteroatoms. The average molecular weight is 301 g/mol. The predicted octanol–water partition coefficient (Wildman–Crippen LogP) is 5.90. The van der Waals surface area contributed by atoms with Crippen LogP contribution in [0.1, 0.15) is 51.4 Å². The van der Waals surface area contributed by atoms with Crippen LogP contribution >= 0.6 is 15.9 Å². The van der Waals surface area contributed by atoms with Gasteiger partial charge in [0.2, 0.25) is 0 Å². The van der Waals surface area contributed by atoms with E-state index in [9.17, 15) is 4.79 Å². The molecule has 0 spiro atoms. The third kappa shape index (κ3) is 17.7. The highest BCUT2D eigenvalue weighted by Gasteiger charge is 1.86. The van der Waals surface area contributed by atoms with Gasteiger partial charge in [-0.1, -0.05) is 68.8 Å². The third-order valence-electron chi connectivity index (χ3n) is 1.29. The van der Waals surface area contributed by atoms with Gasteiger partial charge < -0.3 is 0 Å². The first-order chi connectivity index (χ1) is 8.24. The molecular weight excluding hydrogens is 276 g/mol. The fraction of sp³-hybridized carbons (Fsp3) is 0.400. The fourth-order valence-corrected chi connectivity index (χ4v) is 0.806. The molecule has 0 saturated carbocycles. The van der Waals surface area contributed by atoms with E-state index in [2.05, 4.69) is 29.4 Å². The fourth-order valence-electron chi connectivity index (χ4n) is 0.541. The van der Waals surface area contributed by atoms with Crippen LogP contribution in [0.25, 0.3) is 0 Å². The van der Waals surface area contributed by atoms with Gasteiger partial charge in [0.15, 0.2) is 0 Å². The third-order valence-corrected chi connectivity index (χ3v) is 1.82. The van der Waals surface area contributed by atoms with Crippen LogP contribution in [-0.2, 0) is 0 Å². The molecule has 1 aromatic rings. The maximum atomic E-state index is 10.1. The van der Waals surface area contributed by atoms with Crippen molar-refractivity contribution in [2.24, 2.45) is 0 Å². The first-order valence-electron chi connectivity index (χ1n) is 6.06. The monoisotopic (exact) mass is 300 g/mol. The number of carbonyl (C=O) groups excluding carboxylic acids is 1. The van der Waals surface area contributed by atoms with Crippen molar-refractivity contribution in [2.45, 2.75) is 41.0 Å². The van der Waals surface area contributed by atoms with Crippen LogP contribution in [0, 0.1) is 0 Å². The Hall–Kier alpha value is -0.890. The lowest BCUT2D eigenvalue weighted by molar-refractivity contribution is 0.112.